The normalized spacial score (nSPS) is 11.8. The van der Waals surface area contributed by atoms with Gasteiger partial charge in [-0.15, -0.1) is 0 Å². The number of H-pyrrole nitrogens is 1. The molecular weight excluding hydrogens is 391 g/mol. The van der Waals surface area contributed by atoms with Crippen LogP contribution in [0.25, 0.3) is 0 Å². The van der Waals surface area contributed by atoms with E-state index in [0.29, 0.717) is 16.8 Å². The number of ketones is 1. The Morgan fingerprint density at radius 2 is 1.87 bits per heavy atom. The molecule has 162 valence electrons. The number of halogens is 1. The maximum Gasteiger partial charge on any atom is 0.355 e. The van der Waals surface area contributed by atoms with Crippen LogP contribution >= 0.6 is 0 Å². The van der Waals surface area contributed by atoms with Gasteiger partial charge in [0, 0.05) is 24.9 Å². The Labute approximate surface area is 175 Å². The van der Waals surface area contributed by atoms with Gasteiger partial charge in [-0.3, -0.25) is 9.59 Å². The van der Waals surface area contributed by atoms with E-state index in [1.807, 2.05) is 0 Å². The Morgan fingerprint density at radius 3 is 2.47 bits per heavy atom. The second-order valence-corrected chi connectivity index (χ2v) is 6.86. The van der Waals surface area contributed by atoms with Gasteiger partial charge in [0.15, 0.2) is 5.78 Å². The smallest absolute Gasteiger partial charge is 0.355 e. The number of aromatic nitrogens is 1. The highest BCUT2D eigenvalue weighted by atomic mass is 19.1. The first kappa shape index (κ1) is 23.3. The van der Waals surface area contributed by atoms with Gasteiger partial charge in [0.2, 0.25) is 0 Å². The van der Waals surface area contributed by atoms with Crippen LogP contribution in [-0.4, -0.2) is 60.5 Å². The van der Waals surface area contributed by atoms with Crippen LogP contribution in [0.5, 0.6) is 0 Å². The molecule has 1 N–H and O–H groups in total. The summed E-state index contributed by atoms with van der Waals surface area (Å²) in [6.07, 6.45) is 0. The minimum atomic E-state index is -0.907. The molecule has 0 unspecified atom stereocenters. The fourth-order valence-corrected chi connectivity index (χ4v) is 3.33. The Hall–Kier alpha value is -3.00. The van der Waals surface area contributed by atoms with Crippen molar-refractivity contribution in [3.05, 3.63) is 58.2 Å². The number of nitrogens with one attached hydrogen (secondary N) is 1. The molecular formula is C22H27FN2O5. The van der Waals surface area contributed by atoms with Crippen LogP contribution in [-0.2, 0) is 9.47 Å². The number of esters is 1. The van der Waals surface area contributed by atoms with Crippen LogP contribution in [0.1, 0.15) is 56.3 Å². The molecule has 0 aliphatic carbocycles. The van der Waals surface area contributed by atoms with Crippen molar-refractivity contribution in [1.29, 1.82) is 0 Å². The molecule has 8 heteroatoms. The molecule has 2 aromatic rings. The molecule has 0 aliphatic rings. The summed E-state index contributed by atoms with van der Waals surface area (Å²) in [5, 5.41) is 0. The number of rotatable bonds is 9. The van der Waals surface area contributed by atoms with Gasteiger partial charge in [-0.2, -0.15) is 0 Å². The number of methoxy groups -OCH3 is 1. The number of benzene rings is 1. The number of aromatic amines is 1. The summed E-state index contributed by atoms with van der Waals surface area (Å²) in [5.74, 6) is -2.19. The van der Waals surface area contributed by atoms with Gasteiger partial charge < -0.3 is 19.4 Å². The number of aryl methyl sites for hydroxylation is 1. The fourth-order valence-electron chi connectivity index (χ4n) is 3.33. The molecule has 7 nitrogen and oxygen atoms in total. The molecule has 0 saturated heterocycles. The molecule has 0 saturated carbocycles. The first-order chi connectivity index (χ1) is 14.2. The monoisotopic (exact) mass is 418 g/mol. The first-order valence-corrected chi connectivity index (χ1v) is 9.69. The molecule has 1 aromatic carbocycles. The third-order valence-electron chi connectivity index (χ3n) is 4.91. The number of nitrogens with zero attached hydrogens (tertiary/aromatic N) is 1. The lowest BCUT2D eigenvalue weighted by atomic mass is 9.99. The van der Waals surface area contributed by atoms with Gasteiger partial charge in [-0.05, 0) is 45.4 Å². The average Bonchev–Trinajstić information content (AvgIpc) is 3.02. The van der Waals surface area contributed by atoms with Crippen LogP contribution in [0, 0.1) is 19.7 Å². The van der Waals surface area contributed by atoms with Crippen LogP contribution in [0.4, 0.5) is 4.39 Å². The Bertz CT molecular complexity index is 938. The van der Waals surface area contributed by atoms with E-state index < -0.39 is 23.7 Å². The van der Waals surface area contributed by atoms with E-state index in [4.69, 9.17) is 9.47 Å². The van der Waals surface area contributed by atoms with E-state index >= 15 is 0 Å². The molecule has 0 spiro atoms. The molecule has 1 amide bonds. The molecule has 0 bridgehead atoms. The Balaban J connectivity index is 2.40. The van der Waals surface area contributed by atoms with E-state index in [1.54, 1.807) is 33.8 Å². The maximum absolute atomic E-state index is 14.2. The molecule has 0 fully saturated rings. The van der Waals surface area contributed by atoms with E-state index in [0.717, 1.165) is 0 Å². The Kier molecular flexibility index (Phi) is 7.88. The molecule has 0 radical (unpaired) electrons. The van der Waals surface area contributed by atoms with Crippen molar-refractivity contribution >= 4 is 17.7 Å². The summed E-state index contributed by atoms with van der Waals surface area (Å²) in [5.41, 5.74) is 1.34. The van der Waals surface area contributed by atoms with E-state index in [9.17, 15) is 18.8 Å². The topological polar surface area (TPSA) is 88.7 Å². The average molecular weight is 418 g/mol. The van der Waals surface area contributed by atoms with E-state index in [-0.39, 0.29) is 36.8 Å². The highest BCUT2D eigenvalue weighted by molar-refractivity contribution is 6.07. The number of ether oxygens (including phenoxy) is 2. The standard InChI is InChI=1S/C22H27FN2O5/c1-6-30-22(28)19-13(2)18(14(3)24-19)20(26)15(4)25(11-12-29-5)21(27)16-9-7-8-10-17(16)23/h7-10,15,24H,6,11-12H2,1-5H3/t15-/m1/s1. The van der Waals surface area contributed by atoms with Gasteiger partial charge >= 0.3 is 5.97 Å². The number of Topliss-reactive ketones (excluding diaryl/α,β-unsaturated/α-hetero) is 1. The number of carbonyl (C=O) groups is 3. The van der Waals surface area contributed by atoms with Crippen molar-refractivity contribution in [2.75, 3.05) is 26.9 Å². The minimum absolute atomic E-state index is 0.101. The predicted octanol–water partition coefficient (Wildman–Crippen LogP) is 3.31. The summed E-state index contributed by atoms with van der Waals surface area (Å²) in [6, 6.07) is 4.71. The SMILES string of the molecule is CCOC(=O)c1[nH]c(C)c(C(=O)[C@@H](C)N(CCOC)C(=O)c2ccccc2F)c1C. The van der Waals surface area contributed by atoms with Gasteiger partial charge in [-0.1, -0.05) is 12.1 Å². The van der Waals surface area contributed by atoms with Gasteiger partial charge in [-0.25, -0.2) is 9.18 Å². The zero-order valence-corrected chi connectivity index (χ0v) is 17.9. The van der Waals surface area contributed by atoms with E-state index in [1.165, 1.54) is 30.2 Å². The summed E-state index contributed by atoms with van der Waals surface area (Å²) < 4.78 is 24.3. The largest absolute Gasteiger partial charge is 0.461 e. The van der Waals surface area contributed by atoms with Crippen molar-refractivity contribution in [3.8, 4) is 0 Å². The lowest BCUT2D eigenvalue weighted by Gasteiger charge is -2.28. The lowest BCUT2D eigenvalue weighted by molar-refractivity contribution is 0.0518. The summed E-state index contributed by atoms with van der Waals surface area (Å²) in [7, 11) is 1.48. The quantitative estimate of drug-likeness (QED) is 0.499. The number of hydrogen-bond acceptors (Lipinski definition) is 5. The van der Waals surface area contributed by atoms with Gasteiger partial charge in [0.1, 0.15) is 11.5 Å². The second kappa shape index (κ2) is 10.2. The van der Waals surface area contributed by atoms with Gasteiger partial charge in [0.05, 0.1) is 24.8 Å². The van der Waals surface area contributed by atoms with Crippen molar-refractivity contribution in [1.82, 2.24) is 9.88 Å². The zero-order valence-electron chi connectivity index (χ0n) is 17.9. The molecule has 1 heterocycles. The second-order valence-electron chi connectivity index (χ2n) is 6.86. The van der Waals surface area contributed by atoms with Crippen molar-refractivity contribution < 1.29 is 28.2 Å². The maximum atomic E-state index is 14.2. The zero-order chi connectivity index (χ0) is 22.4. The minimum Gasteiger partial charge on any atom is -0.461 e. The Morgan fingerprint density at radius 1 is 1.20 bits per heavy atom. The summed E-state index contributed by atoms with van der Waals surface area (Å²) in [4.78, 5) is 42.6. The number of hydrogen-bond donors (Lipinski definition) is 1. The van der Waals surface area contributed by atoms with Crippen molar-refractivity contribution in [3.63, 3.8) is 0 Å². The van der Waals surface area contributed by atoms with Crippen molar-refractivity contribution in [2.45, 2.75) is 33.7 Å². The molecule has 0 aliphatic heterocycles. The third kappa shape index (κ3) is 4.76. The summed E-state index contributed by atoms with van der Waals surface area (Å²) >= 11 is 0. The van der Waals surface area contributed by atoms with Crippen molar-refractivity contribution in [2.24, 2.45) is 0 Å². The molecule has 1 atom stereocenters. The third-order valence-corrected chi connectivity index (χ3v) is 4.91. The number of carbonyl (C=O) groups excluding carboxylic acids is 3. The highest BCUT2D eigenvalue weighted by Gasteiger charge is 2.32. The first-order valence-electron chi connectivity index (χ1n) is 9.69. The lowest BCUT2D eigenvalue weighted by Crippen LogP contribution is -2.45. The van der Waals surface area contributed by atoms with Gasteiger partial charge in [0.25, 0.3) is 5.91 Å². The number of amides is 1. The van der Waals surface area contributed by atoms with Crippen LogP contribution in [0.3, 0.4) is 0 Å². The highest BCUT2D eigenvalue weighted by Crippen LogP contribution is 2.23. The molecule has 1 aromatic heterocycles. The molecule has 2 rings (SSSR count). The summed E-state index contributed by atoms with van der Waals surface area (Å²) in [6.45, 7) is 7.08. The van der Waals surface area contributed by atoms with Crippen LogP contribution < -0.4 is 0 Å². The fraction of sp³-hybridized carbons (Fsp3) is 0.409. The van der Waals surface area contributed by atoms with Crippen LogP contribution in [0.2, 0.25) is 0 Å². The van der Waals surface area contributed by atoms with Crippen LogP contribution in [0.15, 0.2) is 24.3 Å². The predicted molar refractivity (Wildman–Crippen MR) is 109 cm³/mol. The molecule has 30 heavy (non-hydrogen) atoms. The van der Waals surface area contributed by atoms with E-state index in [2.05, 4.69) is 4.98 Å².